The minimum absolute atomic E-state index is 0.139. The van der Waals surface area contributed by atoms with Crippen molar-refractivity contribution in [3.8, 4) is 0 Å². The van der Waals surface area contributed by atoms with E-state index in [1.165, 1.54) is 22.3 Å². The molecule has 22 heavy (non-hydrogen) atoms. The largest absolute Gasteiger partial charge is 0.380 e. The van der Waals surface area contributed by atoms with Crippen LogP contribution in [0, 0.1) is 10.8 Å². The molecule has 2 heteroatoms. The molecule has 0 aromatic heterocycles. The Morgan fingerprint density at radius 2 is 0.909 bits per heavy atom. The van der Waals surface area contributed by atoms with Crippen LogP contribution in [0.4, 0.5) is 0 Å². The highest BCUT2D eigenvalue weighted by Crippen LogP contribution is 2.73. The van der Waals surface area contributed by atoms with E-state index >= 15 is 0 Å². The minimum atomic E-state index is 0.139. The van der Waals surface area contributed by atoms with E-state index in [0.717, 1.165) is 26.4 Å². The summed E-state index contributed by atoms with van der Waals surface area (Å²) in [7, 11) is 0. The van der Waals surface area contributed by atoms with Gasteiger partial charge in [-0.15, -0.1) is 0 Å². The fourth-order valence-electron chi connectivity index (χ4n) is 6.00. The summed E-state index contributed by atoms with van der Waals surface area (Å²) in [5.74, 6) is 0.852. The van der Waals surface area contributed by atoms with E-state index in [1.807, 2.05) is 0 Å². The fourth-order valence-corrected chi connectivity index (χ4v) is 6.00. The first-order valence-corrected chi connectivity index (χ1v) is 8.21. The van der Waals surface area contributed by atoms with Crippen molar-refractivity contribution >= 4 is 0 Å². The summed E-state index contributed by atoms with van der Waals surface area (Å²) in [6, 6.07) is 18.1. The Morgan fingerprint density at radius 3 is 1.23 bits per heavy atom. The lowest BCUT2D eigenvalue weighted by atomic mass is 9.42. The lowest BCUT2D eigenvalue weighted by molar-refractivity contribution is 0.0753. The molecule has 0 spiro atoms. The Bertz CT molecular complexity index is 672. The zero-order chi connectivity index (χ0) is 14.4. The van der Waals surface area contributed by atoms with Crippen molar-refractivity contribution in [1.82, 2.24) is 0 Å². The molecule has 2 aromatic rings. The molecule has 2 heterocycles. The summed E-state index contributed by atoms with van der Waals surface area (Å²) in [6.07, 6.45) is 0. The second-order valence-electron chi connectivity index (χ2n) is 7.42. The van der Waals surface area contributed by atoms with Crippen LogP contribution in [-0.4, -0.2) is 26.4 Å². The van der Waals surface area contributed by atoms with Crippen LogP contribution in [0.3, 0.4) is 0 Å². The normalized spacial score (nSPS) is 40.0. The van der Waals surface area contributed by atoms with Crippen LogP contribution in [0.2, 0.25) is 0 Å². The van der Waals surface area contributed by atoms with Gasteiger partial charge in [0.1, 0.15) is 0 Å². The second kappa shape index (κ2) is 3.64. The van der Waals surface area contributed by atoms with Crippen LogP contribution < -0.4 is 0 Å². The van der Waals surface area contributed by atoms with Gasteiger partial charge in [-0.1, -0.05) is 48.5 Å². The topological polar surface area (TPSA) is 18.5 Å². The van der Waals surface area contributed by atoms with Gasteiger partial charge in [-0.2, -0.15) is 0 Å². The molecule has 0 amide bonds. The third-order valence-corrected chi connectivity index (χ3v) is 6.77. The predicted octanol–water partition coefficient (Wildman–Crippen LogP) is 3.31. The summed E-state index contributed by atoms with van der Waals surface area (Å²) in [4.78, 5) is 0. The summed E-state index contributed by atoms with van der Waals surface area (Å²) >= 11 is 0. The molecule has 0 saturated carbocycles. The van der Waals surface area contributed by atoms with Gasteiger partial charge in [0.25, 0.3) is 0 Å². The van der Waals surface area contributed by atoms with Crippen LogP contribution >= 0.6 is 0 Å². The van der Waals surface area contributed by atoms with E-state index in [0.29, 0.717) is 11.8 Å². The van der Waals surface area contributed by atoms with Crippen LogP contribution in [0.5, 0.6) is 0 Å². The maximum absolute atomic E-state index is 6.10. The molecule has 0 N–H and O–H groups in total. The van der Waals surface area contributed by atoms with E-state index in [4.69, 9.17) is 9.47 Å². The van der Waals surface area contributed by atoms with E-state index in [1.54, 1.807) is 0 Å². The summed E-state index contributed by atoms with van der Waals surface area (Å²) < 4.78 is 12.2. The van der Waals surface area contributed by atoms with Gasteiger partial charge in [0, 0.05) is 22.7 Å². The zero-order valence-electron chi connectivity index (χ0n) is 12.4. The molecular formula is C20H18O2. The van der Waals surface area contributed by atoms with Gasteiger partial charge >= 0.3 is 0 Å². The molecule has 2 fully saturated rings. The van der Waals surface area contributed by atoms with Crippen molar-refractivity contribution in [3.05, 3.63) is 70.8 Å². The predicted molar refractivity (Wildman–Crippen MR) is 83.1 cm³/mol. The monoisotopic (exact) mass is 290 g/mol. The van der Waals surface area contributed by atoms with Gasteiger partial charge in [-0.05, 0) is 22.3 Å². The number of rotatable bonds is 0. The Hall–Kier alpha value is -1.64. The van der Waals surface area contributed by atoms with Crippen LogP contribution in [-0.2, 0) is 9.47 Å². The zero-order valence-corrected chi connectivity index (χ0v) is 12.4. The molecule has 0 unspecified atom stereocenters. The molecular weight excluding hydrogens is 272 g/mol. The third-order valence-electron chi connectivity index (χ3n) is 6.77. The summed E-state index contributed by atoms with van der Waals surface area (Å²) in [5, 5.41) is 0. The molecule has 0 radical (unpaired) electrons. The van der Waals surface area contributed by atoms with Crippen molar-refractivity contribution in [1.29, 1.82) is 0 Å². The SMILES string of the molecule is c1ccc2c(c1)C1c3ccccc3C2C23COCC12COC3. The molecule has 3 aliphatic carbocycles. The first-order chi connectivity index (χ1) is 10.9. The molecule has 7 rings (SSSR count). The molecule has 2 nitrogen and oxygen atoms in total. The molecule has 0 atom stereocenters. The summed E-state index contributed by atoms with van der Waals surface area (Å²) in [6.45, 7) is 3.38. The van der Waals surface area contributed by atoms with Gasteiger partial charge in [0.2, 0.25) is 0 Å². The van der Waals surface area contributed by atoms with Gasteiger partial charge < -0.3 is 9.47 Å². The number of hydrogen-bond donors (Lipinski definition) is 0. The molecule has 2 saturated heterocycles. The van der Waals surface area contributed by atoms with Gasteiger partial charge in [-0.3, -0.25) is 0 Å². The average molecular weight is 290 g/mol. The van der Waals surface area contributed by atoms with Gasteiger partial charge in [-0.25, -0.2) is 0 Å². The molecule has 5 aliphatic rings. The Kier molecular flexibility index (Phi) is 1.96. The van der Waals surface area contributed by atoms with Crippen LogP contribution in [0.1, 0.15) is 34.1 Å². The minimum Gasteiger partial charge on any atom is -0.380 e. The highest BCUT2D eigenvalue weighted by Gasteiger charge is 2.72. The first kappa shape index (κ1) is 11.9. The maximum atomic E-state index is 6.10. The molecule has 2 aromatic carbocycles. The fraction of sp³-hybridized carbons (Fsp3) is 0.400. The van der Waals surface area contributed by atoms with Gasteiger partial charge in [0.05, 0.1) is 26.4 Å². The lowest BCUT2D eigenvalue weighted by Crippen LogP contribution is -2.55. The maximum Gasteiger partial charge on any atom is 0.0561 e. The van der Waals surface area contributed by atoms with E-state index in [-0.39, 0.29) is 10.8 Å². The molecule has 2 aliphatic heterocycles. The third kappa shape index (κ3) is 1.03. The Labute approximate surface area is 130 Å². The van der Waals surface area contributed by atoms with E-state index in [2.05, 4.69) is 48.5 Å². The van der Waals surface area contributed by atoms with Crippen molar-refractivity contribution in [2.24, 2.45) is 10.8 Å². The van der Waals surface area contributed by atoms with Crippen LogP contribution in [0.15, 0.2) is 48.5 Å². The average Bonchev–Trinajstić information content (AvgIpc) is 3.11. The summed E-state index contributed by atoms with van der Waals surface area (Å²) in [5.41, 5.74) is 6.33. The highest BCUT2D eigenvalue weighted by molar-refractivity contribution is 5.60. The quantitative estimate of drug-likeness (QED) is 0.741. The number of benzene rings is 2. The number of hydrogen-bond acceptors (Lipinski definition) is 2. The van der Waals surface area contributed by atoms with Crippen molar-refractivity contribution in [2.45, 2.75) is 11.8 Å². The molecule has 110 valence electrons. The van der Waals surface area contributed by atoms with Crippen molar-refractivity contribution in [3.63, 3.8) is 0 Å². The smallest absolute Gasteiger partial charge is 0.0561 e. The molecule has 2 bridgehead atoms. The second-order valence-corrected chi connectivity index (χ2v) is 7.42. The van der Waals surface area contributed by atoms with Crippen molar-refractivity contribution in [2.75, 3.05) is 26.4 Å². The lowest BCUT2D eigenvalue weighted by Gasteiger charge is -2.57. The first-order valence-electron chi connectivity index (χ1n) is 8.21. The van der Waals surface area contributed by atoms with E-state index < -0.39 is 0 Å². The number of ether oxygens (including phenoxy) is 2. The van der Waals surface area contributed by atoms with Crippen molar-refractivity contribution < 1.29 is 9.47 Å². The van der Waals surface area contributed by atoms with Crippen LogP contribution in [0.25, 0.3) is 0 Å². The Morgan fingerprint density at radius 1 is 0.591 bits per heavy atom. The van der Waals surface area contributed by atoms with Gasteiger partial charge in [0.15, 0.2) is 0 Å². The van der Waals surface area contributed by atoms with E-state index in [9.17, 15) is 0 Å². The highest BCUT2D eigenvalue weighted by atomic mass is 16.5. The Balaban J connectivity index is 1.78. The standard InChI is InChI=1S/C20H18O2/c1-2-6-14-13(5-1)17-15-7-3-4-8-16(15)18(14)20-11-21-9-19(17,20)10-22-12-20/h1-8,17-18H,9-12H2.